The highest BCUT2D eigenvalue weighted by molar-refractivity contribution is 5.75. The second-order valence-corrected chi connectivity index (χ2v) is 5.12. The fraction of sp³-hybridized carbons (Fsp3) is 0.562. The zero-order valence-electron chi connectivity index (χ0n) is 12.4. The van der Waals surface area contributed by atoms with Gasteiger partial charge >= 0.3 is 5.97 Å². The molecule has 0 heterocycles. The Balaban J connectivity index is 2.17. The molecule has 1 rings (SSSR count). The summed E-state index contributed by atoms with van der Waals surface area (Å²) in [5, 5.41) is 0. The molecule has 4 heteroatoms. The number of carbonyl (C=O) groups excluding carboxylic acids is 1. The molecule has 0 saturated carbocycles. The zero-order valence-corrected chi connectivity index (χ0v) is 12.4. The minimum atomic E-state index is -0.227. The SMILES string of the molecule is CCCCCCCCOC(=O)Cc1ccc(N)cc1N. The van der Waals surface area contributed by atoms with Gasteiger partial charge in [-0.3, -0.25) is 4.79 Å². The fourth-order valence-corrected chi connectivity index (χ4v) is 2.05. The molecule has 0 aliphatic heterocycles. The summed E-state index contributed by atoms with van der Waals surface area (Å²) in [4.78, 5) is 11.7. The minimum Gasteiger partial charge on any atom is -0.465 e. The van der Waals surface area contributed by atoms with Gasteiger partial charge in [-0.15, -0.1) is 0 Å². The van der Waals surface area contributed by atoms with E-state index in [9.17, 15) is 4.79 Å². The van der Waals surface area contributed by atoms with Gasteiger partial charge in [0.05, 0.1) is 13.0 Å². The van der Waals surface area contributed by atoms with Crippen molar-refractivity contribution < 1.29 is 9.53 Å². The lowest BCUT2D eigenvalue weighted by Crippen LogP contribution is -2.10. The summed E-state index contributed by atoms with van der Waals surface area (Å²) in [6.07, 6.45) is 7.29. The number of rotatable bonds is 9. The molecule has 112 valence electrons. The Hall–Kier alpha value is -1.71. The van der Waals surface area contributed by atoms with E-state index in [1.54, 1.807) is 18.2 Å². The van der Waals surface area contributed by atoms with Crippen LogP contribution in [0.15, 0.2) is 18.2 Å². The molecule has 0 amide bonds. The molecule has 1 aromatic rings. The van der Waals surface area contributed by atoms with Crippen molar-refractivity contribution in [1.29, 1.82) is 0 Å². The molecule has 0 aliphatic rings. The van der Waals surface area contributed by atoms with E-state index in [2.05, 4.69) is 6.92 Å². The monoisotopic (exact) mass is 278 g/mol. The van der Waals surface area contributed by atoms with Crippen LogP contribution in [0.5, 0.6) is 0 Å². The lowest BCUT2D eigenvalue weighted by atomic mass is 10.1. The molecule has 1 aromatic carbocycles. The summed E-state index contributed by atoms with van der Waals surface area (Å²) in [7, 11) is 0. The summed E-state index contributed by atoms with van der Waals surface area (Å²) in [5.74, 6) is -0.227. The van der Waals surface area contributed by atoms with Gasteiger partial charge in [-0.2, -0.15) is 0 Å². The smallest absolute Gasteiger partial charge is 0.310 e. The number of unbranched alkanes of at least 4 members (excludes halogenated alkanes) is 5. The standard InChI is InChI=1S/C16H26N2O2/c1-2-3-4-5-6-7-10-20-16(19)11-13-8-9-14(17)12-15(13)18/h8-9,12H,2-7,10-11,17-18H2,1H3. The summed E-state index contributed by atoms with van der Waals surface area (Å²) in [6, 6.07) is 5.18. The van der Waals surface area contributed by atoms with Gasteiger partial charge in [0.1, 0.15) is 0 Å². The van der Waals surface area contributed by atoms with Crippen LogP contribution in [0.2, 0.25) is 0 Å². The van der Waals surface area contributed by atoms with Gasteiger partial charge < -0.3 is 16.2 Å². The number of nitrogen functional groups attached to an aromatic ring is 2. The topological polar surface area (TPSA) is 78.3 Å². The maximum absolute atomic E-state index is 11.7. The van der Waals surface area contributed by atoms with Gasteiger partial charge in [-0.05, 0) is 24.1 Å². The normalized spacial score (nSPS) is 10.4. The van der Waals surface area contributed by atoms with Crippen LogP contribution in [0.1, 0.15) is 51.0 Å². The molecule has 0 radical (unpaired) electrons. The molecule has 0 bridgehead atoms. The van der Waals surface area contributed by atoms with Gasteiger partial charge in [-0.1, -0.05) is 45.1 Å². The van der Waals surface area contributed by atoms with Crippen molar-refractivity contribution in [3.8, 4) is 0 Å². The van der Waals surface area contributed by atoms with E-state index < -0.39 is 0 Å². The number of esters is 1. The predicted molar refractivity (Wildman–Crippen MR) is 83.3 cm³/mol. The van der Waals surface area contributed by atoms with E-state index >= 15 is 0 Å². The van der Waals surface area contributed by atoms with E-state index in [0.717, 1.165) is 18.4 Å². The van der Waals surface area contributed by atoms with Crippen LogP contribution in [-0.2, 0) is 16.0 Å². The number of ether oxygens (including phenoxy) is 1. The molecule has 4 nitrogen and oxygen atoms in total. The average molecular weight is 278 g/mol. The first-order chi connectivity index (χ1) is 9.63. The Labute approximate surface area is 121 Å². The van der Waals surface area contributed by atoms with Gasteiger partial charge in [0.15, 0.2) is 0 Å². The molecule has 20 heavy (non-hydrogen) atoms. The van der Waals surface area contributed by atoms with Crippen LogP contribution in [0.25, 0.3) is 0 Å². The van der Waals surface area contributed by atoms with E-state index in [4.69, 9.17) is 16.2 Å². The van der Waals surface area contributed by atoms with Crippen LogP contribution < -0.4 is 11.5 Å². The number of anilines is 2. The van der Waals surface area contributed by atoms with Crippen molar-refractivity contribution in [2.75, 3.05) is 18.1 Å². The Bertz CT molecular complexity index is 419. The van der Waals surface area contributed by atoms with Gasteiger partial charge in [-0.25, -0.2) is 0 Å². The summed E-state index contributed by atoms with van der Waals surface area (Å²) in [5.41, 5.74) is 13.3. The van der Waals surface area contributed by atoms with Crippen molar-refractivity contribution in [3.63, 3.8) is 0 Å². The van der Waals surface area contributed by atoms with Crippen LogP contribution in [0.4, 0.5) is 11.4 Å². The van der Waals surface area contributed by atoms with E-state index in [0.29, 0.717) is 18.0 Å². The first-order valence-electron chi connectivity index (χ1n) is 7.43. The highest BCUT2D eigenvalue weighted by atomic mass is 16.5. The van der Waals surface area contributed by atoms with Crippen LogP contribution in [0, 0.1) is 0 Å². The largest absolute Gasteiger partial charge is 0.465 e. The lowest BCUT2D eigenvalue weighted by Gasteiger charge is -2.07. The van der Waals surface area contributed by atoms with Crippen molar-refractivity contribution >= 4 is 17.3 Å². The quantitative estimate of drug-likeness (QED) is 0.413. The number of nitrogens with two attached hydrogens (primary N) is 2. The maximum Gasteiger partial charge on any atom is 0.310 e. The van der Waals surface area contributed by atoms with Crippen molar-refractivity contribution in [3.05, 3.63) is 23.8 Å². The summed E-state index contributed by atoms with van der Waals surface area (Å²) in [6.45, 7) is 2.70. The third-order valence-electron chi connectivity index (χ3n) is 3.27. The van der Waals surface area contributed by atoms with Crippen molar-refractivity contribution in [2.45, 2.75) is 51.9 Å². The molecule has 0 aromatic heterocycles. The Kier molecular flexibility index (Phi) is 7.55. The van der Waals surface area contributed by atoms with Gasteiger partial charge in [0, 0.05) is 11.4 Å². The zero-order chi connectivity index (χ0) is 14.8. The number of benzene rings is 1. The number of carbonyl (C=O) groups is 1. The maximum atomic E-state index is 11.7. The lowest BCUT2D eigenvalue weighted by molar-refractivity contribution is -0.142. The third-order valence-corrected chi connectivity index (χ3v) is 3.27. The highest BCUT2D eigenvalue weighted by Gasteiger charge is 2.07. The first-order valence-corrected chi connectivity index (χ1v) is 7.43. The number of hydrogen-bond donors (Lipinski definition) is 2. The average Bonchev–Trinajstić information content (AvgIpc) is 2.41. The molecular weight excluding hydrogens is 252 g/mol. The predicted octanol–water partition coefficient (Wildman–Crippen LogP) is 3.30. The minimum absolute atomic E-state index is 0.210. The Morgan fingerprint density at radius 2 is 1.80 bits per heavy atom. The van der Waals surface area contributed by atoms with Crippen LogP contribution in [0.3, 0.4) is 0 Å². The second kappa shape index (κ2) is 9.23. The van der Waals surface area contributed by atoms with Crippen molar-refractivity contribution in [1.82, 2.24) is 0 Å². The molecule has 0 unspecified atom stereocenters. The van der Waals surface area contributed by atoms with Crippen molar-refractivity contribution in [2.24, 2.45) is 0 Å². The molecule has 0 aliphatic carbocycles. The van der Waals surface area contributed by atoms with Crippen LogP contribution >= 0.6 is 0 Å². The van der Waals surface area contributed by atoms with Gasteiger partial charge in [0.25, 0.3) is 0 Å². The molecule has 0 atom stereocenters. The molecule has 4 N–H and O–H groups in total. The second-order valence-electron chi connectivity index (χ2n) is 5.12. The van der Waals surface area contributed by atoms with Gasteiger partial charge in [0.2, 0.25) is 0 Å². The first kappa shape index (κ1) is 16.3. The highest BCUT2D eigenvalue weighted by Crippen LogP contribution is 2.16. The van der Waals surface area contributed by atoms with E-state index in [-0.39, 0.29) is 12.4 Å². The van der Waals surface area contributed by atoms with E-state index in [1.165, 1.54) is 25.7 Å². The van der Waals surface area contributed by atoms with Crippen LogP contribution in [-0.4, -0.2) is 12.6 Å². The fourth-order valence-electron chi connectivity index (χ4n) is 2.05. The molecule has 0 saturated heterocycles. The Morgan fingerprint density at radius 3 is 2.50 bits per heavy atom. The third kappa shape index (κ3) is 6.45. The molecule has 0 fully saturated rings. The van der Waals surface area contributed by atoms with E-state index in [1.807, 2.05) is 0 Å². The summed E-state index contributed by atoms with van der Waals surface area (Å²) < 4.78 is 5.21. The number of hydrogen-bond acceptors (Lipinski definition) is 4. The molecule has 0 spiro atoms. The summed E-state index contributed by atoms with van der Waals surface area (Å²) >= 11 is 0. The Morgan fingerprint density at radius 1 is 1.10 bits per heavy atom. The molecular formula is C16H26N2O2.